The zero-order valence-corrected chi connectivity index (χ0v) is 11.5. The first-order valence-electron chi connectivity index (χ1n) is 5.91. The molecule has 4 N–H and O–H groups in total. The Balaban J connectivity index is 2.78. The molecule has 0 amide bonds. The van der Waals surface area contributed by atoms with Crippen LogP contribution < -0.4 is 10.5 Å². The number of aliphatic hydroxyl groups is 1. The van der Waals surface area contributed by atoms with Gasteiger partial charge in [0.1, 0.15) is 0 Å². The lowest BCUT2D eigenvalue weighted by molar-refractivity contribution is 0.162. The lowest BCUT2D eigenvalue weighted by atomic mass is 10.2. The van der Waals surface area contributed by atoms with Crippen molar-refractivity contribution >= 4 is 15.7 Å². The van der Waals surface area contributed by atoms with Crippen LogP contribution in [0.25, 0.3) is 0 Å². The molecule has 102 valence electrons. The Bertz CT molecular complexity index is 500. The SMILES string of the molecule is CCC(O)CCNS(=O)(=O)c1cccc(N)c1C. The van der Waals surface area contributed by atoms with E-state index in [0.717, 1.165) is 0 Å². The van der Waals surface area contributed by atoms with E-state index in [1.54, 1.807) is 19.1 Å². The zero-order chi connectivity index (χ0) is 13.8. The summed E-state index contributed by atoms with van der Waals surface area (Å²) < 4.78 is 26.5. The first-order valence-corrected chi connectivity index (χ1v) is 7.39. The number of nitrogen functional groups attached to an aromatic ring is 1. The molecule has 0 aliphatic heterocycles. The van der Waals surface area contributed by atoms with Crippen molar-refractivity contribution in [2.45, 2.75) is 37.7 Å². The lowest BCUT2D eigenvalue weighted by Crippen LogP contribution is -2.28. The van der Waals surface area contributed by atoms with E-state index in [2.05, 4.69) is 4.72 Å². The van der Waals surface area contributed by atoms with Crippen LogP contribution in [-0.2, 0) is 10.0 Å². The summed E-state index contributed by atoms with van der Waals surface area (Å²) in [5.41, 5.74) is 6.68. The molecule has 0 bridgehead atoms. The van der Waals surface area contributed by atoms with Crippen LogP contribution in [0.4, 0.5) is 5.69 Å². The van der Waals surface area contributed by atoms with Crippen LogP contribution in [-0.4, -0.2) is 26.2 Å². The van der Waals surface area contributed by atoms with Gasteiger partial charge in [0.25, 0.3) is 0 Å². The molecule has 0 aliphatic rings. The number of aliphatic hydroxyl groups excluding tert-OH is 1. The topological polar surface area (TPSA) is 92.4 Å². The van der Waals surface area contributed by atoms with E-state index in [-0.39, 0.29) is 11.4 Å². The summed E-state index contributed by atoms with van der Waals surface area (Å²) in [5.74, 6) is 0. The number of benzene rings is 1. The Morgan fingerprint density at radius 2 is 2.11 bits per heavy atom. The van der Waals surface area contributed by atoms with E-state index >= 15 is 0 Å². The van der Waals surface area contributed by atoms with Gasteiger partial charge in [-0.15, -0.1) is 0 Å². The van der Waals surface area contributed by atoms with Crippen molar-refractivity contribution in [3.8, 4) is 0 Å². The van der Waals surface area contributed by atoms with Crippen molar-refractivity contribution in [2.75, 3.05) is 12.3 Å². The van der Waals surface area contributed by atoms with Crippen molar-refractivity contribution in [1.82, 2.24) is 4.72 Å². The maximum Gasteiger partial charge on any atom is 0.240 e. The Morgan fingerprint density at radius 1 is 1.44 bits per heavy atom. The summed E-state index contributed by atoms with van der Waals surface area (Å²) in [6.07, 6.45) is 0.533. The minimum absolute atomic E-state index is 0.188. The second kappa shape index (κ2) is 6.17. The average Bonchev–Trinajstić information content (AvgIpc) is 2.32. The number of sulfonamides is 1. The Hall–Kier alpha value is -1.11. The molecule has 0 radical (unpaired) electrons. The number of hydrogen-bond donors (Lipinski definition) is 3. The highest BCUT2D eigenvalue weighted by Gasteiger charge is 2.17. The molecule has 1 atom stereocenters. The highest BCUT2D eigenvalue weighted by atomic mass is 32.2. The van der Waals surface area contributed by atoms with Crippen LogP contribution in [0.2, 0.25) is 0 Å². The standard InChI is InChI=1S/C12H20N2O3S/c1-3-10(15)7-8-14-18(16,17)12-6-4-5-11(13)9(12)2/h4-6,10,14-15H,3,7-8,13H2,1-2H3. The van der Waals surface area contributed by atoms with Crippen LogP contribution in [0.1, 0.15) is 25.3 Å². The molecule has 0 saturated carbocycles. The summed E-state index contributed by atoms with van der Waals surface area (Å²) in [6.45, 7) is 3.73. The third-order valence-electron chi connectivity index (χ3n) is 2.86. The fourth-order valence-electron chi connectivity index (χ4n) is 1.56. The van der Waals surface area contributed by atoms with Crippen molar-refractivity contribution in [2.24, 2.45) is 0 Å². The van der Waals surface area contributed by atoms with Gasteiger partial charge in [0.2, 0.25) is 10.0 Å². The largest absolute Gasteiger partial charge is 0.398 e. The summed E-state index contributed by atoms with van der Waals surface area (Å²) in [5, 5.41) is 9.37. The molecule has 0 aromatic heterocycles. The number of anilines is 1. The second-order valence-corrected chi connectivity index (χ2v) is 5.95. The minimum Gasteiger partial charge on any atom is -0.398 e. The predicted octanol–water partition coefficient (Wildman–Crippen LogP) is 1.02. The monoisotopic (exact) mass is 272 g/mol. The van der Waals surface area contributed by atoms with Gasteiger partial charge in [0, 0.05) is 12.2 Å². The summed E-state index contributed by atoms with van der Waals surface area (Å²) >= 11 is 0. The van der Waals surface area contributed by atoms with E-state index in [0.29, 0.717) is 24.1 Å². The van der Waals surface area contributed by atoms with Crippen molar-refractivity contribution in [3.05, 3.63) is 23.8 Å². The Labute approximate surface area is 108 Å². The van der Waals surface area contributed by atoms with Gasteiger partial charge in [-0.25, -0.2) is 13.1 Å². The van der Waals surface area contributed by atoms with Gasteiger partial charge in [-0.1, -0.05) is 13.0 Å². The molecule has 1 unspecified atom stereocenters. The molecule has 0 fully saturated rings. The lowest BCUT2D eigenvalue weighted by Gasteiger charge is -2.12. The molecular formula is C12H20N2O3S. The predicted molar refractivity (Wildman–Crippen MR) is 71.7 cm³/mol. The van der Waals surface area contributed by atoms with Crippen molar-refractivity contribution in [3.63, 3.8) is 0 Å². The van der Waals surface area contributed by atoms with Crippen LogP contribution in [0.3, 0.4) is 0 Å². The van der Waals surface area contributed by atoms with E-state index in [4.69, 9.17) is 5.73 Å². The summed E-state index contributed by atoms with van der Waals surface area (Å²) in [4.78, 5) is 0.188. The van der Waals surface area contributed by atoms with Gasteiger partial charge < -0.3 is 10.8 Å². The Morgan fingerprint density at radius 3 is 2.72 bits per heavy atom. The smallest absolute Gasteiger partial charge is 0.240 e. The van der Waals surface area contributed by atoms with Crippen LogP contribution in [0, 0.1) is 6.92 Å². The molecule has 0 aliphatic carbocycles. The van der Waals surface area contributed by atoms with Gasteiger partial charge >= 0.3 is 0 Å². The van der Waals surface area contributed by atoms with E-state index in [1.807, 2.05) is 6.92 Å². The molecule has 1 aromatic rings. The third kappa shape index (κ3) is 3.69. The maximum absolute atomic E-state index is 12.0. The fourth-order valence-corrected chi connectivity index (χ4v) is 2.89. The van der Waals surface area contributed by atoms with Crippen molar-refractivity contribution < 1.29 is 13.5 Å². The summed E-state index contributed by atoms with van der Waals surface area (Å²) in [6, 6.07) is 4.79. The first-order chi connectivity index (χ1) is 8.38. The highest BCUT2D eigenvalue weighted by molar-refractivity contribution is 7.89. The third-order valence-corrected chi connectivity index (χ3v) is 4.46. The van der Waals surface area contributed by atoms with Gasteiger partial charge in [0.05, 0.1) is 11.0 Å². The molecule has 5 nitrogen and oxygen atoms in total. The normalized spacial score (nSPS) is 13.5. The van der Waals surface area contributed by atoms with E-state index in [9.17, 15) is 13.5 Å². The molecule has 0 heterocycles. The molecule has 1 aromatic carbocycles. The fraction of sp³-hybridized carbons (Fsp3) is 0.500. The quantitative estimate of drug-likeness (QED) is 0.674. The number of rotatable bonds is 6. The van der Waals surface area contributed by atoms with Crippen molar-refractivity contribution in [1.29, 1.82) is 0 Å². The van der Waals surface area contributed by atoms with Gasteiger partial charge in [-0.2, -0.15) is 0 Å². The molecule has 1 rings (SSSR count). The number of hydrogen-bond acceptors (Lipinski definition) is 4. The van der Waals surface area contributed by atoms with Gasteiger partial charge in [-0.05, 0) is 37.5 Å². The minimum atomic E-state index is -3.56. The number of nitrogens with two attached hydrogens (primary N) is 1. The first kappa shape index (κ1) is 14.9. The zero-order valence-electron chi connectivity index (χ0n) is 10.7. The van der Waals surface area contributed by atoms with Gasteiger partial charge in [0.15, 0.2) is 0 Å². The van der Waals surface area contributed by atoms with Crippen LogP contribution in [0.15, 0.2) is 23.1 Å². The Kier molecular flexibility index (Phi) is 5.13. The molecule has 18 heavy (non-hydrogen) atoms. The molecular weight excluding hydrogens is 252 g/mol. The average molecular weight is 272 g/mol. The van der Waals surface area contributed by atoms with E-state index < -0.39 is 16.1 Å². The molecule has 6 heteroatoms. The maximum atomic E-state index is 12.0. The van der Waals surface area contributed by atoms with Gasteiger partial charge in [-0.3, -0.25) is 0 Å². The summed E-state index contributed by atoms with van der Waals surface area (Å²) in [7, 11) is -3.56. The van der Waals surface area contributed by atoms with E-state index in [1.165, 1.54) is 6.07 Å². The van der Waals surface area contributed by atoms with Crippen LogP contribution >= 0.6 is 0 Å². The van der Waals surface area contributed by atoms with Crippen LogP contribution in [0.5, 0.6) is 0 Å². The molecule has 0 saturated heterocycles. The number of nitrogens with one attached hydrogen (secondary N) is 1. The highest BCUT2D eigenvalue weighted by Crippen LogP contribution is 2.20. The molecule has 0 spiro atoms. The second-order valence-electron chi connectivity index (χ2n) is 4.22.